The summed E-state index contributed by atoms with van der Waals surface area (Å²) in [7, 11) is 0. The summed E-state index contributed by atoms with van der Waals surface area (Å²) < 4.78 is 1.64. The second kappa shape index (κ2) is 8.75. The summed E-state index contributed by atoms with van der Waals surface area (Å²) in [6.07, 6.45) is 0. The molecule has 2 aromatic carbocycles. The van der Waals surface area contributed by atoms with E-state index in [1.54, 1.807) is 10.7 Å². The van der Waals surface area contributed by atoms with Gasteiger partial charge in [-0.2, -0.15) is 4.68 Å². The number of halogens is 1. The molecular weight excluding hydrogens is 394 g/mol. The van der Waals surface area contributed by atoms with Gasteiger partial charge in [-0.05, 0) is 65.6 Å². The normalized spacial score (nSPS) is 12.2. The van der Waals surface area contributed by atoms with E-state index in [0.717, 1.165) is 11.3 Å². The van der Waals surface area contributed by atoms with Crippen molar-refractivity contribution in [2.24, 2.45) is 0 Å². The van der Waals surface area contributed by atoms with Gasteiger partial charge in [0.15, 0.2) is 0 Å². The number of carbonyl (C=O) groups excluding carboxylic acids is 1. The number of hydrogen-bond acceptors (Lipinski definition) is 5. The zero-order chi connectivity index (χ0) is 20.3. The van der Waals surface area contributed by atoms with E-state index in [0.29, 0.717) is 21.8 Å². The number of nitrogens with one attached hydrogen (secondary N) is 1. The Kier molecular flexibility index (Phi) is 6.36. The third-order valence-corrected chi connectivity index (χ3v) is 5.86. The van der Waals surface area contributed by atoms with E-state index in [9.17, 15) is 4.79 Å². The van der Waals surface area contributed by atoms with Crippen LogP contribution < -0.4 is 5.32 Å². The summed E-state index contributed by atoms with van der Waals surface area (Å²) in [5.41, 5.74) is 3.64. The quantitative estimate of drug-likeness (QED) is 0.581. The molecule has 1 atom stereocenters. The summed E-state index contributed by atoms with van der Waals surface area (Å²) in [6.45, 7) is 7.99. The van der Waals surface area contributed by atoms with Gasteiger partial charge >= 0.3 is 0 Å². The molecule has 0 aliphatic heterocycles. The van der Waals surface area contributed by atoms with E-state index >= 15 is 0 Å². The number of thioether (sulfide) groups is 1. The van der Waals surface area contributed by atoms with Crippen LogP contribution in [0.25, 0.3) is 5.69 Å². The lowest BCUT2D eigenvalue weighted by molar-refractivity contribution is -0.115. The molecule has 0 saturated heterocycles. The fourth-order valence-corrected chi connectivity index (χ4v) is 3.59. The third-order valence-electron chi connectivity index (χ3n) is 4.42. The maximum absolute atomic E-state index is 12.6. The highest BCUT2D eigenvalue weighted by Gasteiger charge is 2.20. The molecule has 0 aliphatic rings. The van der Waals surface area contributed by atoms with Crippen LogP contribution in [-0.2, 0) is 4.79 Å². The van der Waals surface area contributed by atoms with Gasteiger partial charge < -0.3 is 5.32 Å². The second-order valence-electron chi connectivity index (χ2n) is 6.78. The van der Waals surface area contributed by atoms with E-state index in [1.165, 1.54) is 17.3 Å². The number of amides is 1. The third kappa shape index (κ3) is 4.54. The predicted molar refractivity (Wildman–Crippen MR) is 113 cm³/mol. The number of nitrogens with zero attached hydrogens (tertiary/aromatic N) is 4. The van der Waals surface area contributed by atoms with Gasteiger partial charge in [0.2, 0.25) is 11.1 Å². The lowest BCUT2D eigenvalue weighted by Crippen LogP contribution is -2.23. The van der Waals surface area contributed by atoms with Crippen LogP contribution in [0.2, 0.25) is 5.02 Å². The molecule has 3 aromatic rings. The van der Waals surface area contributed by atoms with Crippen molar-refractivity contribution in [1.82, 2.24) is 20.2 Å². The number of benzene rings is 2. The van der Waals surface area contributed by atoms with Crippen LogP contribution in [0.1, 0.15) is 37.8 Å². The fraction of sp³-hybridized carbons (Fsp3) is 0.300. The van der Waals surface area contributed by atoms with E-state index in [2.05, 4.69) is 46.8 Å². The summed E-state index contributed by atoms with van der Waals surface area (Å²) in [4.78, 5) is 12.6. The van der Waals surface area contributed by atoms with Crippen molar-refractivity contribution < 1.29 is 4.79 Å². The van der Waals surface area contributed by atoms with E-state index < -0.39 is 5.25 Å². The van der Waals surface area contributed by atoms with Gasteiger partial charge in [-0.15, -0.1) is 5.10 Å². The Labute approximate surface area is 173 Å². The first-order valence-corrected chi connectivity index (χ1v) is 10.2. The summed E-state index contributed by atoms with van der Waals surface area (Å²) in [6, 6.07) is 13.5. The topological polar surface area (TPSA) is 72.7 Å². The molecule has 0 saturated carbocycles. The lowest BCUT2D eigenvalue weighted by atomic mass is 10.0. The van der Waals surface area contributed by atoms with Gasteiger partial charge in [0, 0.05) is 10.7 Å². The van der Waals surface area contributed by atoms with Crippen LogP contribution in [0.3, 0.4) is 0 Å². The monoisotopic (exact) mass is 415 g/mol. The molecule has 0 aliphatic carbocycles. The van der Waals surface area contributed by atoms with E-state index in [1.807, 2.05) is 38.1 Å². The molecule has 1 N–H and O–H groups in total. The molecule has 1 unspecified atom stereocenters. The Hall–Kier alpha value is -2.38. The minimum absolute atomic E-state index is 0.139. The zero-order valence-electron chi connectivity index (χ0n) is 16.2. The van der Waals surface area contributed by atoms with Crippen molar-refractivity contribution in [3.63, 3.8) is 0 Å². The first-order valence-electron chi connectivity index (χ1n) is 8.98. The van der Waals surface area contributed by atoms with Gasteiger partial charge in [-0.3, -0.25) is 4.79 Å². The van der Waals surface area contributed by atoms with Gasteiger partial charge in [0.05, 0.1) is 10.9 Å². The average Bonchev–Trinajstić information content (AvgIpc) is 3.13. The van der Waals surface area contributed by atoms with Crippen molar-refractivity contribution in [2.45, 2.75) is 44.0 Å². The number of anilines is 1. The molecular formula is C20H22ClN5OS. The number of tetrazole rings is 1. The van der Waals surface area contributed by atoms with Gasteiger partial charge in [0.25, 0.3) is 0 Å². The molecule has 146 valence electrons. The highest BCUT2D eigenvalue weighted by atomic mass is 35.5. The Morgan fingerprint density at radius 2 is 1.86 bits per heavy atom. The summed E-state index contributed by atoms with van der Waals surface area (Å²) in [5.74, 6) is 0.315. The van der Waals surface area contributed by atoms with Crippen LogP contribution in [0, 0.1) is 6.92 Å². The van der Waals surface area contributed by atoms with Crippen LogP contribution in [0.15, 0.2) is 47.6 Å². The molecule has 28 heavy (non-hydrogen) atoms. The molecule has 3 rings (SSSR count). The Morgan fingerprint density at radius 1 is 1.14 bits per heavy atom. The number of aromatic nitrogens is 4. The largest absolute Gasteiger partial charge is 0.325 e. The molecule has 1 heterocycles. The van der Waals surface area contributed by atoms with Crippen molar-refractivity contribution in [3.05, 3.63) is 58.6 Å². The Bertz CT molecular complexity index is 971. The molecule has 6 nitrogen and oxygen atoms in total. The molecule has 8 heteroatoms. The van der Waals surface area contributed by atoms with E-state index in [4.69, 9.17) is 11.6 Å². The maximum atomic E-state index is 12.6. The number of rotatable bonds is 6. The van der Waals surface area contributed by atoms with Gasteiger partial charge in [0.1, 0.15) is 0 Å². The Balaban J connectivity index is 1.73. The van der Waals surface area contributed by atoms with Crippen molar-refractivity contribution in [2.75, 3.05) is 5.32 Å². The molecule has 0 spiro atoms. The Morgan fingerprint density at radius 3 is 2.54 bits per heavy atom. The molecule has 1 amide bonds. The molecule has 0 fully saturated rings. The smallest absolute Gasteiger partial charge is 0.237 e. The summed E-state index contributed by atoms with van der Waals surface area (Å²) >= 11 is 7.43. The highest BCUT2D eigenvalue weighted by Crippen LogP contribution is 2.27. The highest BCUT2D eigenvalue weighted by molar-refractivity contribution is 8.00. The fourth-order valence-electron chi connectivity index (χ4n) is 2.60. The number of carbonyl (C=O) groups is 1. The SMILES string of the molecule is Cc1c(Cl)cccc1NC(=O)C(C)Sc1nnnn1-c1ccc(C(C)C)cc1. The zero-order valence-corrected chi connectivity index (χ0v) is 17.8. The predicted octanol–water partition coefficient (Wildman–Crippen LogP) is 4.87. The minimum Gasteiger partial charge on any atom is -0.325 e. The first-order chi connectivity index (χ1) is 13.4. The molecule has 0 bridgehead atoms. The first kappa shape index (κ1) is 20.4. The van der Waals surface area contributed by atoms with Gasteiger partial charge in [-0.25, -0.2) is 0 Å². The minimum atomic E-state index is -0.391. The maximum Gasteiger partial charge on any atom is 0.237 e. The van der Waals surface area contributed by atoms with Crippen molar-refractivity contribution in [3.8, 4) is 5.69 Å². The van der Waals surface area contributed by atoms with Crippen LogP contribution in [0.4, 0.5) is 5.69 Å². The summed E-state index contributed by atoms with van der Waals surface area (Å²) in [5, 5.41) is 15.6. The van der Waals surface area contributed by atoms with Crippen LogP contribution in [0.5, 0.6) is 0 Å². The lowest BCUT2D eigenvalue weighted by Gasteiger charge is -2.14. The molecule has 1 aromatic heterocycles. The average molecular weight is 416 g/mol. The van der Waals surface area contributed by atoms with E-state index in [-0.39, 0.29) is 5.91 Å². The van der Waals surface area contributed by atoms with Crippen LogP contribution in [-0.4, -0.2) is 31.4 Å². The van der Waals surface area contributed by atoms with Gasteiger partial charge in [-0.1, -0.05) is 55.4 Å². The second-order valence-corrected chi connectivity index (χ2v) is 8.50. The standard InChI is InChI=1S/C20H22ClN5OS/c1-12(2)15-8-10-16(11-9-15)26-20(23-24-25-26)28-14(4)19(27)22-18-7-5-6-17(21)13(18)3/h5-12,14H,1-4H3,(H,22,27). The van der Waals surface area contributed by atoms with Crippen molar-refractivity contribution in [1.29, 1.82) is 0 Å². The van der Waals surface area contributed by atoms with Crippen molar-refractivity contribution >= 4 is 35.0 Å². The number of hydrogen-bond donors (Lipinski definition) is 1. The molecule has 0 radical (unpaired) electrons. The van der Waals surface area contributed by atoms with Crippen LogP contribution >= 0.6 is 23.4 Å².